The number of carbonyl (C=O) groups excluding carboxylic acids is 3. The summed E-state index contributed by atoms with van der Waals surface area (Å²) >= 11 is 0. The molecule has 1 unspecified atom stereocenters. The summed E-state index contributed by atoms with van der Waals surface area (Å²) in [5, 5.41) is 0. The maximum atomic E-state index is 12.9. The van der Waals surface area contributed by atoms with Crippen molar-refractivity contribution in [2.75, 3.05) is 13.2 Å². The molecule has 0 saturated carbocycles. The van der Waals surface area contributed by atoms with Gasteiger partial charge in [-0.25, -0.2) is 0 Å². The maximum absolute atomic E-state index is 12.9. The molecular weight excluding hydrogens is 1020 g/mol. The van der Waals surface area contributed by atoms with Crippen LogP contribution in [0.4, 0.5) is 0 Å². The smallest absolute Gasteiger partial charge is 0.306 e. The minimum atomic E-state index is -0.779. The topological polar surface area (TPSA) is 78.9 Å². The number of hydrogen-bond acceptors (Lipinski definition) is 6. The molecule has 0 radical (unpaired) electrons. The van der Waals surface area contributed by atoms with Crippen molar-refractivity contribution in [1.29, 1.82) is 0 Å². The van der Waals surface area contributed by atoms with Crippen LogP contribution >= 0.6 is 0 Å². The predicted molar refractivity (Wildman–Crippen MR) is 362 cm³/mol. The molecule has 6 heteroatoms. The highest BCUT2D eigenvalue weighted by atomic mass is 16.6. The molecule has 0 aliphatic heterocycles. The van der Waals surface area contributed by atoms with E-state index < -0.39 is 6.10 Å². The van der Waals surface area contributed by atoms with Gasteiger partial charge in [0.25, 0.3) is 0 Å². The first-order valence-corrected chi connectivity index (χ1v) is 37.5. The van der Waals surface area contributed by atoms with Gasteiger partial charge in [-0.1, -0.05) is 359 Å². The first-order chi connectivity index (χ1) is 41.0. The Balaban J connectivity index is 4.06. The number of unbranched alkanes of at least 4 members (excludes halogenated alkanes) is 53. The van der Waals surface area contributed by atoms with E-state index in [1.54, 1.807) is 0 Å². The van der Waals surface area contributed by atoms with Crippen molar-refractivity contribution in [3.05, 3.63) is 36.5 Å². The monoisotopic (exact) mass is 1170 g/mol. The zero-order valence-electron chi connectivity index (χ0n) is 56.2. The van der Waals surface area contributed by atoms with Crippen LogP contribution in [0.3, 0.4) is 0 Å². The van der Waals surface area contributed by atoms with Crippen LogP contribution in [0.5, 0.6) is 0 Å². The Kier molecular flexibility index (Phi) is 70.0. The lowest BCUT2D eigenvalue weighted by Crippen LogP contribution is -2.30. The zero-order valence-corrected chi connectivity index (χ0v) is 56.2. The molecule has 0 fully saturated rings. The molecule has 0 heterocycles. The molecule has 0 spiro atoms. The van der Waals surface area contributed by atoms with Crippen molar-refractivity contribution >= 4 is 17.9 Å². The number of ether oxygens (including phenoxy) is 3. The summed E-state index contributed by atoms with van der Waals surface area (Å²) in [5.74, 6) is -0.864. The molecule has 83 heavy (non-hydrogen) atoms. The number of esters is 3. The van der Waals surface area contributed by atoms with Gasteiger partial charge >= 0.3 is 17.9 Å². The second-order valence-corrected chi connectivity index (χ2v) is 25.6. The minimum absolute atomic E-state index is 0.0737. The summed E-state index contributed by atoms with van der Waals surface area (Å²) in [6, 6.07) is 0. The third kappa shape index (κ3) is 70.3. The van der Waals surface area contributed by atoms with Gasteiger partial charge in [0.05, 0.1) is 0 Å². The van der Waals surface area contributed by atoms with Crippen molar-refractivity contribution in [2.45, 2.75) is 425 Å². The van der Waals surface area contributed by atoms with Gasteiger partial charge in [-0.3, -0.25) is 14.4 Å². The Bertz CT molecular complexity index is 1380. The molecule has 488 valence electrons. The van der Waals surface area contributed by atoms with Crippen molar-refractivity contribution in [2.24, 2.45) is 0 Å². The Morgan fingerprint density at radius 1 is 0.241 bits per heavy atom. The van der Waals surface area contributed by atoms with E-state index in [0.717, 1.165) is 77.0 Å². The number of rotatable bonds is 70. The Hall–Kier alpha value is -2.37. The van der Waals surface area contributed by atoms with E-state index in [9.17, 15) is 14.4 Å². The highest BCUT2D eigenvalue weighted by Crippen LogP contribution is 2.19. The van der Waals surface area contributed by atoms with Gasteiger partial charge < -0.3 is 14.2 Å². The molecular formula is C77H144O6. The summed E-state index contributed by atoms with van der Waals surface area (Å²) in [4.78, 5) is 38.4. The molecule has 0 rings (SSSR count). The summed E-state index contributed by atoms with van der Waals surface area (Å²) in [7, 11) is 0. The fourth-order valence-corrected chi connectivity index (χ4v) is 11.5. The van der Waals surface area contributed by atoms with Crippen LogP contribution in [0.2, 0.25) is 0 Å². The summed E-state index contributed by atoms with van der Waals surface area (Å²) in [6.45, 7) is 6.66. The molecule has 0 saturated heterocycles. The Morgan fingerprint density at radius 3 is 0.711 bits per heavy atom. The summed E-state index contributed by atoms with van der Waals surface area (Å²) in [5.41, 5.74) is 0. The molecule has 0 aromatic heterocycles. The summed E-state index contributed by atoms with van der Waals surface area (Å²) < 4.78 is 17.0. The van der Waals surface area contributed by atoms with Gasteiger partial charge in [0, 0.05) is 19.3 Å². The van der Waals surface area contributed by atoms with E-state index in [0.29, 0.717) is 19.3 Å². The highest BCUT2D eigenvalue weighted by molar-refractivity contribution is 5.71. The van der Waals surface area contributed by atoms with Gasteiger partial charge in [-0.2, -0.15) is 0 Å². The van der Waals surface area contributed by atoms with E-state index in [1.807, 2.05) is 0 Å². The highest BCUT2D eigenvalue weighted by Gasteiger charge is 2.20. The fourth-order valence-electron chi connectivity index (χ4n) is 11.5. The standard InChI is InChI=1S/C77H144O6/c1-4-7-10-13-16-19-22-25-27-29-30-31-32-33-34-35-36-37-38-39-40-41-42-43-44-45-46-48-49-52-55-58-61-64-67-70-76(79)82-73-74(72-81-75(78)69-66-63-60-57-54-51-24-21-18-15-12-9-6-3)83-77(80)71-68-65-62-59-56-53-50-47-28-26-23-20-17-14-11-8-5-2/h17,20-21,24,26,28,74H,4-16,18-19,22-23,25,27,29-73H2,1-3H3/b20-17-,24-21-,28-26-. The minimum Gasteiger partial charge on any atom is -0.462 e. The van der Waals surface area contributed by atoms with E-state index in [4.69, 9.17) is 14.2 Å². The van der Waals surface area contributed by atoms with Gasteiger partial charge in [0.1, 0.15) is 13.2 Å². The van der Waals surface area contributed by atoms with E-state index in [1.165, 1.54) is 302 Å². The second kappa shape index (κ2) is 72.1. The largest absolute Gasteiger partial charge is 0.462 e. The zero-order chi connectivity index (χ0) is 59.9. The first kappa shape index (κ1) is 80.6. The van der Waals surface area contributed by atoms with Crippen molar-refractivity contribution in [3.63, 3.8) is 0 Å². The second-order valence-electron chi connectivity index (χ2n) is 25.6. The quantitative estimate of drug-likeness (QED) is 0.0261. The van der Waals surface area contributed by atoms with Crippen LogP contribution in [0.25, 0.3) is 0 Å². The van der Waals surface area contributed by atoms with E-state index >= 15 is 0 Å². The lowest BCUT2D eigenvalue weighted by Gasteiger charge is -2.18. The van der Waals surface area contributed by atoms with Crippen LogP contribution in [-0.2, 0) is 28.6 Å². The normalized spacial score (nSPS) is 12.2. The fraction of sp³-hybridized carbons (Fsp3) is 0.883. The first-order valence-electron chi connectivity index (χ1n) is 37.5. The third-order valence-electron chi connectivity index (χ3n) is 17.1. The number of carbonyl (C=O) groups is 3. The van der Waals surface area contributed by atoms with Crippen LogP contribution in [0.15, 0.2) is 36.5 Å². The Morgan fingerprint density at radius 2 is 0.434 bits per heavy atom. The molecule has 0 bridgehead atoms. The van der Waals surface area contributed by atoms with Gasteiger partial charge in [-0.05, 0) is 77.0 Å². The van der Waals surface area contributed by atoms with Gasteiger partial charge in [0.2, 0.25) is 0 Å². The van der Waals surface area contributed by atoms with Gasteiger partial charge in [-0.15, -0.1) is 0 Å². The van der Waals surface area contributed by atoms with Crippen molar-refractivity contribution < 1.29 is 28.6 Å². The van der Waals surface area contributed by atoms with E-state index in [2.05, 4.69) is 57.2 Å². The van der Waals surface area contributed by atoms with Crippen molar-refractivity contribution in [1.82, 2.24) is 0 Å². The molecule has 0 aliphatic rings. The van der Waals surface area contributed by atoms with Crippen LogP contribution in [-0.4, -0.2) is 37.2 Å². The van der Waals surface area contributed by atoms with Crippen LogP contribution < -0.4 is 0 Å². The molecule has 0 amide bonds. The summed E-state index contributed by atoms with van der Waals surface area (Å²) in [6.07, 6.45) is 90.7. The number of allylic oxidation sites excluding steroid dienone is 6. The van der Waals surface area contributed by atoms with E-state index in [-0.39, 0.29) is 31.1 Å². The van der Waals surface area contributed by atoms with Crippen molar-refractivity contribution in [3.8, 4) is 0 Å². The maximum Gasteiger partial charge on any atom is 0.306 e. The lowest BCUT2D eigenvalue weighted by atomic mass is 10.0. The molecule has 1 atom stereocenters. The number of hydrogen-bond donors (Lipinski definition) is 0. The molecule has 0 N–H and O–H groups in total. The average molecular weight is 1170 g/mol. The molecule has 6 nitrogen and oxygen atoms in total. The Labute approximate surface area is 518 Å². The van der Waals surface area contributed by atoms with Crippen LogP contribution in [0, 0.1) is 0 Å². The molecule has 0 aromatic carbocycles. The van der Waals surface area contributed by atoms with Gasteiger partial charge in [0.15, 0.2) is 6.10 Å². The molecule has 0 aromatic rings. The average Bonchev–Trinajstić information content (AvgIpc) is 3.49. The predicted octanol–water partition coefficient (Wildman–Crippen LogP) is 25.9. The van der Waals surface area contributed by atoms with Crippen LogP contribution in [0.1, 0.15) is 419 Å². The third-order valence-corrected chi connectivity index (χ3v) is 17.1. The lowest BCUT2D eigenvalue weighted by molar-refractivity contribution is -0.167. The SMILES string of the molecule is CCCCC/C=C\C/C=C\CCCCCCCCCC(=O)OC(COC(=O)CCCCCCC/C=C\CCCCCC)COC(=O)CCCCCCCCCCCCCCCCCCCCCCCCCCCCCCCCCCCCC. The molecule has 0 aliphatic carbocycles.